The molecular weight excluding hydrogens is 270 g/mol. The van der Waals surface area contributed by atoms with Crippen LogP contribution < -0.4 is 0 Å². The Hall–Kier alpha value is -1.59. The third-order valence-electron chi connectivity index (χ3n) is 4.78. The van der Waals surface area contributed by atoms with Crippen molar-refractivity contribution >= 4 is 17.8 Å². The predicted octanol–water partition coefficient (Wildman–Crippen LogP) is 1.20. The van der Waals surface area contributed by atoms with E-state index in [1.54, 1.807) is 4.90 Å². The third kappa shape index (κ3) is 2.76. The van der Waals surface area contributed by atoms with Crippen LogP contribution in [0.2, 0.25) is 0 Å². The lowest BCUT2D eigenvalue weighted by Gasteiger charge is -2.36. The molecule has 116 valence electrons. The molecule has 0 spiro atoms. The van der Waals surface area contributed by atoms with Crippen molar-refractivity contribution in [2.45, 2.75) is 57.5 Å². The van der Waals surface area contributed by atoms with Gasteiger partial charge in [0, 0.05) is 18.6 Å². The van der Waals surface area contributed by atoms with Crippen LogP contribution >= 0.6 is 0 Å². The maximum Gasteiger partial charge on any atom is 0.327 e. The number of carbonyl (C=O) groups is 3. The average Bonchev–Trinajstić information content (AvgIpc) is 3.29. The Morgan fingerprint density at radius 1 is 1.19 bits per heavy atom. The summed E-state index contributed by atoms with van der Waals surface area (Å²) in [4.78, 5) is 41.3. The van der Waals surface area contributed by atoms with E-state index in [9.17, 15) is 14.4 Å². The highest BCUT2D eigenvalue weighted by molar-refractivity contribution is 6.04. The van der Waals surface area contributed by atoms with Crippen LogP contribution in [0.3, 0.4) is 0 Å². The van der Waals surface area contributed by atoms with Gasteiger partial charge in [0.25, 0.3) is 5.91 Å². The van der Waals surface area contributed by atoms with Gasteiger partial charge in [0.15, 0.2) is 0 Å². The quantitative estimate of drug-likeness (QED) is 0.732. The molecule has 21 heavy (non-hydrogen) atoms. The van der Waals surface area contributed by atoms with Crippen molar-refractivity contribution in [1.29, 1.82) is 0 Å². The molecule has 6 heteroatoms. The number of piperidine rings is 1. The topological polar surface area (TPSA) is 60.9 Å². The molecule has 2 aliphatic heterocycles. The molecular formula is C15H23N3O3. The lowest BCUT2D eigenvalue weighted by atomic mass is 10.00. The van der Waals surface area contributed by atoms with Crippen molar-refractivity contribution in [1.82, 2.24) is 14.7 Å². The van der Waals surface area contributed by atoms with Gasteiger partial charge in [0.05, 0.1) is 0 Å². The molecule has 0 N–H and O–H groups in total. The number of carbonyl (C=O) groups excluding carboxylic acids is 3. The van der Waals surface area contributed by atoms with Crippen molar-refractivity contribution in [2.75, 3.05) is 19.6 Å². The van der Waals surface area contributed by atoms with Crippen LogP contribution in [0.25, 0.3) is 0 Å². The standard InChI is InChI=1S/C15H23N3O3/c1-2-11-5-3-4-8-16(11)13(19)10-18-14(20)9-17(15(18)21)12-6-7-12/h11-12H,2-10H2,1H3. The molecule has 2 saturated heterocycles. The molecule has 6 nitrogen and oxygen atoms in total. The van der Waals surface area contributed by atoms with Crippen molar-refractivity contribution in [2.24, 2.45) is 0 Å². The smallest absolute Gasteiger partial charge is 0.327 e. The van der Waals surface area contributed by atoms with E-state index >= 15 is 0 Å². The van der Waals surface area contributed by atoms with E-state index in [1.165, 1.54) is 0 Å². The molecule has 1 saturated carbocycles. The van der Waals surface area contributed by atoms with Crippen LogP contribution in [-0.4, -0.2) is 64.3 Å². The van der Waals surface area contributed by atoms with E-state index in [4.69, 9.17) is 0 Å². The van der Waals surface area contributed by atoms with Gasteiger partial charge in [-0.25, -0.2) is 4.79 Å². The summed E-state index contributed by atoms with van der Waals surface area (Å²) >= 11 is 0. The Labute approximate surface area is 125 Å². The van der Waals surface area contributed by atoms with E-state index in [0.29, 0.717) is 0 Å². The van der Waals surface area contributed by atoms with Gasteiger partial charge in [-0.05, 0) is 38.5 Å². The Morgan fingerprint density at radius 3 is 2.62 bits per heavy atom. The normalized spacial score (nSPS) is 26.7. The molecule has 3 aliphatic rings. The molecule has 1 unspecified atom stereocenters. The number of nitrogens with zero attached hydrogens (tertiary/aromatic N) is 3. The Morgan fingerprint density at radius 2 is 1.95 bits per heavy atom. The van der Waals surface area contributed by atoms with E-state index < -0.39 is 0 Å². The summed E-state index contributed by atoms with van der Waals surface area (Å²) in [6, 6.07) is 0.208. The third-order valence-corrected chi connectivity index (χ3v) is 4.78. The van der Waals surface area contributed by atoms with Gasteiger partial charge in [-0.3, -0.25) is 14.5 Å². The Balaban J connectivity index is 1.63. The van der Waals surface area contributed by atoms with Crippen molar-refractivity contribution in [3.05, 3.63) is 0 Å². The first-order chi connectivity index (χ1) is 10.1. The van der Waals surface area contributed by atoms with Crippen LogP contribution in [0.5, 0.6) is 0 Å². The molecule has 0 aromatic heterocycles. The lowest BCUT2D eigenvalue weighted by Crippen LogP contribution is -2.49. The van der Waals surface area contributed by atoms with Crippen molar-refractivity contribution in [3.8, 4) is 0 Å². The van der Waals surface area contributed by atoms with E-state index in [-0.39, 0.29) is 43.0 Å². The molecule has 3 rings (SSSR count). The molecule has 2 heterocycles. The van der Waals surface area contributed by atoms with Crippen molar-refractivity contribution in [3.63, 3.8) is 0 Å². The largest absolute Gasteiger partial charge is 0.338 e. The summed E-state index contributed by atoms with van der Waals surface area (Å²) in [7, 11) is 0. The highest BCUT2D eigenvalue weighted by Crippen LogP contribution is 2.30. The summed E-state index contributed by atoms with van der Waals surface area (Å²) in [6.45, 7) is 2.89. The molecule has 1 atom stereocenters. The first-order valence-electron chi connectivity index (χ1n) is 8.02. The van der Waals surface area contributed by atoms with Crippen LogP contribution in [0, 0.1) is 0 Å². The number of imide groups is 1. The minimum absolute atomic E-state index is 0.0825. The fourth-order valence-electron chi connectivity index (χ4n) is 3.37. The number of rotatable bonds is 4. The fraction of sp³-hybridized carbons (Fsp3) is 0.800. The van der Waals surface area contributed by atoms with E-state index in [0.717, 1.165) is 50.0 Å². The van der Waals surface area contributed by atoms with Crippen LogP contribution in [0.4, 0.5) is 4.79 Å². The number of amides is 4. The van der Waals surface area contributed by atoms with Crippen molar-refractivity contribution < 1.29 is 14.4 Å². The van der Waals surface area contributed by atoms with Gasteiger partial charge in [0.1, 0.15) is 13.1 Å². The first-order valence-corrected chi connectivity index (χ1v) is 8.02. The van der Waals surface area contributed by atoms with Crippen LogP contribution in [0.15, 0.2) is 0 Å². The maximum absolute atomic E-state index is 12.5. The Kier molecular flexibility index (Phi) is 3.87. The SMILES string of the molecule is CCC1CCCCN1C(=O)CN1C(=O)CN(C2CC2)C1=O. The second-order valence-electron chi connectivity index (χ2n) is 6.27. The van der Waals surface area contributed by atoms with Gasteiger partial charge in [-0.1, -0.05) is 6.92 Å². The molecule has 3 fully saturated rings. The molecule has 4 amide bonds. The second kappa shape index (κ2) is 5.66. The predicted molar refractivity (Wildman–Crippen MR) is 76.5 cm³/mol. The number of urea groups is 1. The Bertz CT molecular complexity index is 461. The minimum atomic E-state index is -0.277. The minimum Gasteiger partial charge on any atom is -0.338 e. The monoisotopic (exact) mass is 293 g/mol. The highest BCUT2D eigenvalue weighted by Gasteiger charge is 2.44. The second-order valence-corrected chi connectivity index (χ2v) is 6.27. The van der Waals surface area contributed by atoms with Crippen LogP contribution in [0.1, 0.15) is 45.4 Å². The van der Waals surface area contributed by atoms with Gasteiger partial charge in [-0.2, -0.15) is 0 Å². The average molecular weight is 293 g/mol. The van der Waals surface area contributed by atoms with Gasteiger partial charge >= 0.3 is 6.03 Å². The molecule has 1 aliphatic carbocycles. The molecule has 0 aromatic rings. The summed E-state index contributed by atoms with van der Waals surface area (Å²) < 4.78 is 0. The van der Waals surface area contributed by atoms with Gasteiger partial charge < -0.3 is 9.80 Å². The number of likely N-dealkylation sites (tertiary alicyclic amines) is 1. The van der Waals surface area contributed by atoms with E-state index in [1.807, 2.05) is 4.90 Å². The summed E-state index contributed by atoms with van der Waals surface area (Å²) in [6.07, 6.45) is 6.08. The zero-order valence-corrected chi connectivity index (χ0v) is 12.6. The van der Waals surface area contributed by atoms with Crippen LogP contribution in [-0.2, 0) is 9.59 Å². The zero-order chi connectivity index (χ0) is 15.0. The highest BCUT2D eigenvalue weighted by atomic mass is 16.2. The molecule has 0 radical (unpaired) electrons. The van der Waals surface area contributed by atoms with Gasteiger partial charge in [0.2, 0.25) is 5.91 Å². The molecule has 0 bridgehead atoms. The maximum atomic E-state index is 12.5. The summed E-state index contributed by atoms with van der Waals surface area (Å²) in [5, 5.41) is 0. The summed E-state index contributed by atoms with van der Waals surface area (Å²) in [5.41, 5.74) is 0. The lowest BCUT2D eigenvalue weighted by molar-refractivity contribution is -0.139. The fourth-order valence-corrected chi connectivity index (χ4v) is 3.37. The molecule has 0 aromatic carbocycles. The number of hydrogen-bond acceptors (Lipinski definition) is 3. The zero-order valence-electron chi connectivity index (χ0n) is 12.6. The van der Waals surface area contributed by atoms with Gasteiger partial charge in [-0.15, -0.1) is 0 Å². The van der Waals surface area contributed by atoms with E-state index in [2.05, 4.69) is 6.92 Å². The first kappa shape index (κ1) is 14.4. The summed E-state index contributed by atoms with van der Waals surface area (Å²) in [5.74, 6) is -0.314. The number of hydrogen-bond donors (Lipinski definition) is 0.